The van der Waals surface area contributed by atoms with Crippen molar-refractivity contribution in [1.29, 1.82) is 0 Å². The van der Waals surface area contributed by atoms with Crippen LogP contribution in [0.1, 0.15) is 32.6 Å². The van der Waals surface area contributed by atoms with Crippen molar-refractivity contribution in [3.05, 3.63) is 35.5 Å². The molecule has 1 aromatic carbocycles. The maximum atomic E-state index is 6.32. The first-order valence-electron chi connectivity index (χ1n) is 9.37. The molecule has 0 amide bonds. The lowest BCUT2D eigenvalue weighted by Gasteiger charge is -2.53. The van der Waals surface area contributed by atoms with Crippen LogP contribution in [0.5, 0.6) is 0 Å². The Morgan fingerprint density at radius 3 is 2.69 bits per heavy atom. The first-order chi connectivity index (χ1) is 12.7. The zero-order chi connectivity index (χ0) is 17.7. The van der Waals surface area contributed by atoms with Crippen LogP contribution in [0.4, 0.5) is 5.82 Å². The molecule has 5 nitrogen and oxygen atoms in total. The molecule has 2 fully saturated rings. The van der Waals surface area contributed by atoms with Crippen molar-refractivity contribution in [1.82, 2.24) is 20.2 Å². The molecule has 6 heteroatoms. The van der Waals surface area contributed by atoms with E-state index < -0.39 is 0 Å². The number of rotatable bonds is 2. The summed E-state index contributed by atoms with van der Waals surface area (Å²) in [5, 5.41) is 8.12. The van der Waals surface area contributed by atoms with Gasteiger partial charge in [-0.15, -0.1) is 0 Å². The smallest absolute Gasteiger partial charge is 0.202 e. The Balaban J connectivity index is 1.42. The van der Waals surface area contributed by atoms with Gasteiger partial charge in [0.1, 0.15) is 11.3 Å². The van der Waals surface area contributed by atoms with Gasteiger partial charge in [-0.1, -0.05) is 36.7 Å². The summed E-state index contributed by atoms with van der Waals surface area (Å²) in [5.74, 6) is 1.80. The summed E-state index contributed by atoms with van der Waals surface area (Å²) in [6.07, 6.45) is 7.19. The second-order valence-corrected chi connectivity index (χ2v) is 8.18. The Morgan fingerprint density at radius 2 is 2.00 bits per heavy atom. The molecule has 3 aromatic rings. The molecule has 0 radical (unpaired) electrons. The molecular formula is C20H22ClN5. The van der Waals surface area contributed by atoms with Gasteiger partial charge in [0.15, 0.2) is 0 Å². The van der Waals surface area contributed by atoms with Crippen LogP contribution in [0.15, 0.2) is 30.5 Å². The van der Waals surface area contributed by atoms with Crippen molar-refractivity contribution in [3.63, 3.8) is 0 Å². The number of aromatic amines is 1. The zero-order valence-electron chi connectivity index (χ0n) is 14.9. The maximum absolute atomic E-state index is 6.32. The first kappa shape index (κ1) is 16.1. The van der Waals surface area contributed by atoms with Gasteiger partial charge in [0, 0.05) is 18.7 Å². The molecule has 1 saturated heterocycles. The predicted octanol–water partition coefficient (Wildman–Crippen LogP) is 4.69. The predicted molar refractivity (Wildman–Crippen MR) is 104 cm³/mol. The van der Waals surface area contributed by atoms with Crippen LogP contribution in [0.2, 0.25) is 5.02 Å². The number of H-pyrrole nitrogens is 1. The fraction of sp³-hybridized carbons (Fsp3) is 0.450. The van der Waals surface area contributed by atoms with Crippen molar-refractivity contribution >= 4 is 28.6 Å². The molecule has 1 saturated carbocycles. The van der Waals surface area contributed by atoms with Gasteiger partial charge in [0.05, 0.1) is 16.9 Å². The van der Waals surface area contributed by atoms with Gasteiger partial charge in [-0.2, -0.15) is 5.10 Å². The number of piperidine rings is 1. The molecule has 1 aliphatic heterocycles. The summed E-state index contributed by atoms with van der Waals surface area (Å²) in [7, 11) is 0. The van der Waals surface area contributed by atoms with Crippen LogP contribution in [0, 0.1) is 11.3 Å². The van der Waals surface area contributed by atoms with Crippen LogP contribution in [-0.2, 0) is 0 Å². The molecular weight excluding hydrogens is 346 g/mol. The highest BCUT2D eigenvalue weighted by atomic mass is 35.5. The molecule has 1 atom stereocenters. The van der Waals surface area contributed by atoms with E-state index in [4.69, 9.17) is 16.6 Å². The lowest BCUT2D eigenvalue weighted by molar-refractivity contribution is 0.0163. The van der Waals surface area contributed by atoms with Gasteiger partial charge in [0.25, 0.3) is 0 Å². The third-order valence-electron chi connectivity index (χ3n) is 6.60. The van der Waals surface area contributed by atoms with E-state index in [1.54, 1.807) is 0 Å². The molecule has 1 spiro atoms. The summed E-state index contributed by atoms with van der Waals surface area (Å²) in [6.45, 7) is 4.53. The summed E-state index contributed by atoms with van der Waals surface area (Å²) < 4.78 is 0. The molecule has 1 aliphatic carbocycles. The molecule has 134 valence electrons. The number of fused-ring (bicyclic) bond motifs is 1. The SMILES string of the molecule is C[C@H]1CCC12CCN(c1cnc3c(-c4ccccc4Cl)[nH]nc3n1)CC2. The normalized spacial score (nSPS) is 21.9. The Kier molecular flexibility index (Phi) is 3.67. The minimum atomic E-state index is 0.595. The first-order valence-corrected chi connectivity index (χ1v) is 9.75. The summed E-state index contributed by atoms with van der Waals surface area (Å²) in [5.41, 5.74) is 3.73. The molecule has 2 aromatic heterocycles. The zero-order valence-corrected chi connectivity index (χ0v) is 15.6. The second kappa shape index (κ2) is 5.95. The number of nitrogens with one attached hydrogen (secondary N) is 1. The Labute approximate surface area is 157 Å². The highest BCUT2D eigenvalue weighted by Gasteiger charge is 2.45. The fourth-order valence-electron chi connectivity index (χ4n) is 4.56. The third kappa shape index (κ3) is 2.41. The van der Waals surface area contributed by atoms with Crippen LogP contribution in [0.3, 0.4) is 0 Å². The lowest BCUT2D eigenvalue weighted by Crippen LogP contribution is -2.48. The third-order valence-corrected chi connectivity index (χ3v) is 6.93. The van der Waals surface area contributed by atoms with Gasteiger partial charge in [-0.3, -0.25) is 5.10 Å². The lowest BCUT2D eigenvalue weighted by atomic mass is 9.56. The topological polar surface area (TPSA) is 57.7 Å². The van der Waals surface area contributed by atoms with E-state index in [0.717, 1.165) is 41.6 Å². The molecule has 2 aliphatic rings. The molecule has 0 bridgehead atoms. The van der Waals surface area contributed by atoms with Gasteiger partial charge < -0.3 is 4.90 Å². The number of aromatic nitrogens is 4. The molecule has 5 rings (SSSR count). The van der Waals surface area contributed by atoms with Gasteiger partial charge in [-0.25, -0.2) is 9.97 Å². The van der Waals surface area contributed by atoms with E-state index in [0.29, 0.717) is 16.1 Å². The Morgan fingerprint density at radius 1 is 1.19 bits per heavy atom. The Bertz CT molecular complexity index is 958. The average molecular weight is 368 g/mol. The van der Waals surface area contributed by atoms with Crippen molar-refractivity contribution in [2.75, 3.05) is 18.0 Å². The van der Waals surface area contributed by atoms with Gasteiger partial charge in [0.2, 0.25) is 5.65 Å². The minimum Gasteiger partial charge on any atom is -0.355 e. The molecule has 1 N–H and O–H groups in total. The van der Waals surface area contributed by atoms with Crippen LogP contribution >= 0.6 is 11.6 Å². The summed E-state index contributed by atoms with van der Waals surface area (Å²) >= 11 is 6.32. The van der Waals surface area contributed by atoms with Crippen LogP contribution in [-0.4, -0.2) is 33.3 Å². The number of anilines is 1. The average Bonchev–Trinajstić information content (AvgIpc) is 3.10. The van der Waals surface area contributed by atoms with E-state index in [1.807, 2.05) is 30.5 Å². The van der Waals surface area contributed by atoms with E-state index in [9.17, 15) is 0 Å². The highest BCUT2D eigenvalue weighted by molar-refractivity contribution is 6.33. The van der Waals surface area contributed by atoms with Crippen molar-refractivity contribution in [3.8, 4) is 11.3 Å². The summed E-state index contributed by atoms with van der Waals surface area (Å²) in [6, 6.07) is 7.71. The largest absolute Gasteiger partial charge is 0.355 e. The fourth-order valence-corrected chi connectivity index (χ4v) is 4.79. The number of hydrogen-bond acceptors (Lipinski definition) is 4. The van der Waals surface area contributed by atoms with Crippen molar-refractivity contribution < 1.29 is 0 Å². The quantitative estimate of drug-likeness (QED) is 0.713. The molecule has 0 unspecified atom stereocenters. The van der Waals surface area contributed by atoms with Crippen LogP contribution < -0.4 is 4.90 Å². The molecule has 3 heterocycles. The van der Waals surface area contributed by atoms with E-state index in [-0.39, 0.29) is 0 Å². The number of hydrogen-bond donors (Lipinski definition) is 1. The monoisotopic (exact) mass is 367 g/mol. The second-order valence-electron chi connectivity index (χ2n) is 7.77. The molecule has 26 heavy (non-hydrogen) atoms. The minimum absolute atomic E-state index is 0.595. The summed E-state index contributed by atoms with van der Waals surface area (Å²) in [4.78, 5) is 11.8. The van der Waals surface area contributed by atoms with E-state index in [1.165, 1.54) is 25.7 Å². The van der Waals surface area contributed by atoms with E-state index >= 15 is 0 Å². The number of halogens is 1. The van der Waals surface area contributed by atoms with Gasteiger partial charge in [-0.05, 0) is 43.1 Å². The van der Waals surface area contributed by atoms with Crippen LogP contribution in [0.25, 0.3) is 22.4 Å². The van der Waals surface area contributed by atoms with Gasteiger partial charge >= 0.3 is 0 Å². The van der Waals surface area contributed by atoms with Crippen molar-refractivity contribution in [2.24, 2.45) is 11.3 Å². The maximum Gasteiger partial charge on any atom is 0.202 e. The number of benzene rings is 1. The van der Waals surface area contributed by atoms with Crippen molar-refractivity contribution in [2.45, 2.75) is 32.6 Å². The standard InChI is InChI=1S/C20H22ClN5/c1-13-6-7-20(13)8-10-26(11-9-20)16-12-22-18-17(24-25-19(18)23-16)14-4-2-3-5-15(14)21/h2-5,12-13H,6-11H2,1H3,(H,23,24,25)/t13-/m0/s1. The highest BCUT2D eigenvalue weighted by Crippen LogP contribution is 2.53. The number of nitrogens with zero attached hydrogens (tertiary/aromatic N) is 4. The van der Waals surface area contributed by atoms with E-state index in [2.05, 4.69) is 27.0 Å². The Hall–Kier alpha value is -2.14.